The molecule has 3 heteroatoms. The zero-order valence-electron chi connectivity index (χ0n) is 15.7. The average molecular weight is 361 g/mol. The minimum atomic E-state index is -0.305. The summed E-state index contributed by atoms with van der Waals surface area (Å²) in [6.45, 7) is 4.24. The van der Waals surface area contributed by atoms with Gasteiger partial charge in [0.05, 0.1) is 0 Å². The molecule has 0 unspecified atom stereocenters. The molecule has 2 aromatic carbocycles. The van der Waals surface area contributed by atoms with E-state index in [0.717, 1.165) is 32.1 Å². The summed E-state index contributed by atoms with van der Waals surface area (Å²) in [4.78, 5) is 12.6. The van der Waals surface area contributed by atoms with E-state index in [1.807, 2.05) is 6.08 Å². The smallest absolute Gasteiger partial charge is 0.407 e. The van der Waals surface area contributed by atoms with Crippen molar-refractivity contribution in [2.24, 2.45) is 0 Å². The average Bonchev–Trinajstić information content (AvgIpc) is 3.01. The third-order valence-electron chi connectivity index (χ3n) is 6.06. The molecule has 0 heterocycles. The Kier molecular flexibility index (Phi) is 5.02. The van der Waals surface area contributed by atoms with Gasteiger partial charge in [-0.2, -0.15) is 0 Å². The molecule has 2 aromatic rings. The van der Waals surface area contributed by atoms with Gasteiger partial charge >= 0.3 is 6.09 Å². The number of carbonyl (C=O) groups excluding carboxylic acids is 1. The molecule has 3 nitrogen and oxygen atoms in total. The maximum atomic E-state index is 12.6. The molecule has 1 fully saturated rings. The van der Waals surface area contributed by atoms with Gasteiger partial charge < -0.3 is 10.1 Å². The fourth-order valence-corrected chi connectivity index (χ4v) is 4.74. The van der Waals surface area contributed by atoms with Gasteiger partial charge in [-0.1, -0.05) is 73.9 Å². The molecule has 2 aliphatic rings. The van der Waals surface area contributed by atoms with Crippen LogP contribution < -0.4 is 5.32 Å². The lowest BCUT2D eigenvalue weighted by atomic mass is 9.79. The van der Waals surface area contributed by atoms with E-state index in [1.165, 1.54) is 28.7 Å². The van der Waals surface area contributed by atoms with E-state index in [9.17, 15) is 4.79 Å². The third kappa shape index (κ3) is 3.51. The van der Waals surface area contributed by atoms with Gasteiger partial charge in [0.2, 0.25) is 0 Å². The van der Waals surface area contributed by atoms with Crippen LogP contribution in [0, 0.1) is 0 Å². The topological polar surface area (TPSA) is 38.3 Å². The molecule has 0 aliphatic heterocycles. The van der Waals surface area contributed by atoms with Crippen molar-refractivity contribution in [3.63, 3.8) is 0 Å². The van der Waals surface area contributed by atoms with E-state index < -0.39 is 0 Å². The molecular formula is C24H27NO2. The van der Waals surface area contributed by atoms with E-state index in [1.54, 1.807) is 0 Å². The minimum absolute atomic E-state index is 0.102. The largest absolute Gasteiger partial charge is 0.449 e. The highest BCUT2D eigenvalue weighted by Gasteiger charge is 2.34. The summed E-state index contributed by atoms with van der Waals surface area (Å²) in [6.07, 6.45) is 7.96. The number of alkyl carbamates (subject to hydrolysis) is 1. The molecular weight excluding hydrogens is 334 g/mol. The molecule has 140 valence electrons. The lowest BCUT2D eigenvalue weighted by molar-refractivity contribution is 0.121. The Bertz CT molecular complexity index is 790. The molecule has 1 saturated carbocycles. The van der Waals surface area contributed by atoms with Crippen LogP contribution in [0.15, 0.2) is 61.2 Å². The molecule has 1 amide bonds. The molecule has 27 heavy (non-hydrogen) atoms. The summed E-state index contributed by atoms with van der Waals surface area (Å²) in [5.74, 6) is 0.102. The molecule has 1 N–H and O–H groups in total. The first-order valence-corrected chi connectivity index (χ1v) is 9.96. The van der Waals surface area contributed by atoms with E-state index in [4.69, 9.17) is 4.74 Å². The first-order chi connectivity index (χ1) is 13.2. The van der Waals surface area contributed by atoms with Crippen LogP contribution in [0.2, 0.25) is 0 Å². The first kappa shape index (κ1) is 17.8. The number of fused-ring (bicyclic) bond motifs is 3. The van der Waals surface area contributed by atoms with Gasteiger partial charge in [-0.3, -0.25) is 0 Å². The maximum absolute atomic E-state index is 12.6. The Balaban J connectivity index is 1.47. The van der Waals surface area contributed by atoms with Crippen LogP contribution in [-0.2, 0) is 4.74 Å². The van der Waals surface area contributed by atoms with Crippen molar-refractivity contribution in [3.8, 4) is 11.1 Å². The normalized spacial score (nSPS) is 17.6. The van der Waals surface area contributed by atoms with E-state index in [2.05, 4.69) is 60.4 Å². The van der Waals surface area contributed by atoms with Gasteiger partial charge in [0.1, 0.15) is 6.61 Å². The van der Waals surface area contributed by atoms with Crippen LogP contribution in [0.25, 0.3) is 11.1 Å². The SMILES string of the molecule is C=CCC1(NC(=O)OCC2c3ccccc3-c3ccccc32)CCCCC1. The third-order valence-corrected chi connectivity index (χ3v) is 6.06. The van der Waals surface area contributed by atoms with Crippen molar-refractivity contribution < 1.29 is 9.53 Å². The van der Waals surface area contributed by atoms with Crippen molar-refractivity contribution in [2.75, 3.05) is 6.61 Å². The number of ether oxygens (including phenoxy) is 1. The second-order valence-corrected chi connectivity index (χ2v) is 7.78. The van der Waals surface area contributed by atoms with Gasteiger partial charge in [0, 0.05) is 11.5 Å². The number of hydrogen-bond donors (Lipinski definition) is 1. The molecule has 0 atom stereocenters. The molecule has 0 bridgehead atoms. The van der Waals surface area contributed by atoms with Crippen LogP contribution in [0.1, 0.15) is 55.6 Å². The molecule has 2 aliphatic carbocycles. The number of rotatable bonds is 5. The van der Waals surface area contributed by atoms with Crippen molar-refractivity contribution in [3.05, 3.63) is 72.3 Å². The Morgan fingerprint density at radius 2 is 1.63 bits per heavy atom. The summed E-state index contributed by atoms with van der Waals surface area (Å²) in [5, 5.41) is 3.17. The second-order valence-electron chi connectivity index (χ2n) is 7.78. The van der Waals surface area contributed by atoms with Crippen LogP contribution >= 0.6 is 0 Å². The van der Waals surface area contributed by atoms with Crippen molar-refractivity contribution in [2.45, 2.75) is 50.0 Å². The number of nitrogens with one attached hydrogen (secondary N) is 1. The maximum Gasteiger partial charge on any atom is 0.407 e. The first-order valence-electron chi connectivity index (χ1n) is 9.96. The zero-order chi connectivity index (χ0) is 18.7. The predicted molar refractivity (Wildman–Crippen MR) is 109 cm³/mol. The predicted octanol–water partition coefficient (Wildman–Crippen LogP) is 5.80. The Morgan fingerprint density at radius 3 is 2.22 bits per heavy atom. The van der Waals surface area contributed by atoms with Crippen molar-refractivity contribution in [1.29, 1.82) is 0 Å². The highest BCUT2D eigenvalue weighted by molar-refractivity contribution is 5.79. The van der Waals surface area contributed by atoms with Gasteiger partial charge in [-0.05, 0) is 41.5 Å². The molecule has 0 aromatic heterocycles. The van der Waals surface area contributed by atoms with Crippen molar-refractivity contribution >= 4 is 6.09 Å². The van der Waals surface area contributed by atoms with Gasteiger partial charge in [0.25, 0.3) is 0 Å². The molecule has 4 rings (SSSR count). The standard InChI is InChI=1S/C24H27NO2/c1-2-14-24(15-8-3-9-16-24)25-23(26)27-17-22-20-12-6-4-10-18(20)19-11-5-7-13-21(19)22/h2,4-7,10-13,22H,1,3,8-9,14-17H2,(H,25,26). The second kappa shape index (κ2) is 7.59. The number of benzene rings is 2. The van der Waals surface area contributed by atoms with Crippen molar-refractivity contribution in [1.82, 2.24) is 5.32 Å². The van der Waals surface area contributed by atoms with Gasteiger partial charge in [0.15, 0.2) is 0 Å². The quantitative estimate of drug-likeness (QED) is 0.683. The zero-order valence-corrected chi connectivity index (χ0v) is 15.7. The van der Waals surface area contributed by atoms with Crippen LogP contribution in [0.3, 0.4) is 0 Å². The fourth-order valence-electron chi connectivity index (χ4n) is 4.74. The van der Waals surface area contributed by atoms with E-state index in [0.29, 0.717) is 6.61 Å². The van der Waals surface area contributed by atoms with Crippen LogP contribution in [-0.4, -0.2) is 18.2 Å². The molecule has 0 radical (unpaired) electrons. The summed E-state index contributed by atoms with van der Waals surface area (Å²) in [6, 6.07) is 16.8. The Morgan fingerprint density at radius 1 is 1.04 bits per heavy atom. The summed E-state index contributed by atoms with van der Waals surface area (Å²) in [7, 11) is 0. The highest BCUT2D eigenvalue weighted by Crippen LogP contribution is 2.44. The van der Waals surface area contributed by atoms with E-state index in [-0.39, 0.29) is 17.6 Å². The summed E-state index contributed by atoms with van der Waals surface area (Å²) in [5.41, 5.74) is 4.80. The highest BCUT2D eigenvalue weighted by atomic mass is 16.5. The lowest BCUT2D eigenvalue weighted by Crippen LogP contribution is -2.49. The lowest BCUT2D eigenvalue weighted by Gasteiger charge is -2.37. The van der Waals surface area contributed by atoms with Gasteiger partial charge in [-0.25, -0.2) is 4.79 Å². The van der Waals surface area contributed by atoms with E-state index >= 15 is 0 Å². The van der Waals surface area contributed by atoms with Crippen LogP contribution in [0.4, 0.5) is 4.79 Å². The van der Waals surface area contributed by atoms with Gasteiger partial charge in [-0.15, -0.1) is 6.58 Å². The Labute approximate surface area is 161 Å². The van der Waals surface area contributed by atoms with Crippen LogP contribution in [0.5, 0.6) is 0 Å². The molecule has 0 spiro atoms. The number of hydrogen-bond acceptors (Lipinski definition) is 2. The molecule has 0 saturated heterocycles. The summed E-state index contributed by atoms with van der Waals surface area (Å²) >= 11 is 0. The number of amides is 1. The fraction of sp³-hybridized carbons (Fsp3) is 0.375. The Hall–Kier alpha value is -2.55. The number of carbonyl (C=O) groups is 1. The monoisotopic (exact) mass is 361 g/mol. The summed E-state index contributed by atoms with van der Waals surface area (Å²) < 4.78 is 5.73. The minimum Gasteiger partial charge on any atom is -0.449 e.